The second-order valence-electron chi connectivity index (χ2n) is 4.68. The van der Waals surface area contributed by atoms with Gasteiger partial charge in [-0.25, -0.2) is 0 Å². The number of thioether (sulfide) groups is 1. The van der Waals surface area contributed by atoms with Gasteiger partial charge in [0.2, 0.25) is 11.1 Å². The van der Waals surface area contributed by atoms with E-state index >= 15 is 0 Å². The Morgan fingerprint density at radius 3 is 2.60 bits per heavy atom. The highest BCUT2D eigenvalue weighted by Crippen LogP contribution is 2.17. The first kappa shape index (κ1) is 14.5. The van der Waals surface area contributed by atoms with Crippen LogP contribution in [0, 0.1) is 0 Å². The molecule has 20 heavy (non-hydrogen) atoms. The zero-order valence-electron chi connectivity index (χ0n) is 11.7. The molecule has 6 nitrogen and oxygen atoms in total. The van der Waals surface area contributed by atoms with Gasteiger partial charge in [-0.2, -0.15) is 4.80 Å². The van der Waals surface area contributed by atoms with Gasteiger partial charge in [0.15, 0.2) is 0 Å². The maximum atomic E-state index is 11.8. The summed E-state index contributed by atoms with van der Waals surface area (Å²) in [6.07, 6.45) is 0. The van der Waals surface area contributed by atoms with Crippen LogP contribution in [0.2, 0.25) is 0 Å². The molecule has 1 aromatic heterocycles. The molecule has 0 bridgehead atoms. The Morgan fingerprint density at radius 2 is 2.05 bits per heavy atom. The zero-order chi connectivity index (χ0) is 14.5. The molecule has 1 heterocycles. The lowest BCUT2D eigenvalue weighted by atomic mass is 10.0. The van der Waals surface area contributed by atoms with Gasteiger partial charge in [-0.05, 0) is 28.8 Å². The molecule has 2 rings (SSSR count). The van der Waals surface area contributed by atoms with E-state index in [0.29, 0.717) is 11.1 Å². The van der Waals surface area contributed by atoms with Crippen LogP contribution in [0.4, 0.5) is 5.69 Å². The van der Waals surface area contributed by atoms with Gasteiger partial charge in [0.25, 0.3) is 0 Å². The number of aromatic nitrogens is 4. The van der Waals surface area contributed by atoms with Crippen molar-refractivity contribution in [2.45, 2.75) is 24.9 Å². The Kier molecular flexibility index (Phi) is 4.73. The van der Waals surface area contributed by atoms with E-state index in [9.17, 15) is 4.79 Å². The van der Waals surface area contributed by atoms with Gasteiger partial charge in [-0.15, -0.1) is 10.2 Å². The molecule has 1 aromatic carbocycles. The lowest BCUT2D eigenvalue weighted by Crippen LogP contribution is -2.14. The molecule has 2 aromatic rings. The zero-order valence-corrected chi connectivity index (χ0v) is 12.5. The average Bonchev–Trinajstić information content (AvgIpc) is 2.83. The van der Waals surface area contributed by atoms with Crippen LogP contribution in [0.1, 0.15) is 25.3 Å². The maximum Gasteiger partial charge on any atom is 0.234 e. The van der Waals surface area contributed by atoms with Crippen LogP contribution in [-0.4, -0.2) is 31.9 Å². The summed E-state index contributed by atoms with van der Waals surface area (Å²) in [5.74, 6) is 0.662. The minimum atomic E-state index is -0.0836. The summed E-state index contributed by atoms with van der Waals surface area (Å²) in [6.45, 7) is 4.27. The standard InChI is InChI=1S/C13H17N5OS/c1-9(2)10-4-6-11(7-5-10)14-12(19)8-20-13-15-17-18(3)16-13/h4-7,9H,8H2,1-3H3,(H,14,19). The number of amides is 1. The maximum absolute atomic E-state index is 11.8. The average molecular weight is 291 g/mol. The largest absolute Gasteiger partial charge is 0.325 e. The number of aryl methyl sites for hydroxylation is 1. The first-order valence-corrected chi connectivity index (χ1v) is 7.30. The highest BCUT2D eigenvalue weighted by atomic mass is 32.2. The van der Waals surface area contributed by atoms with Crippen molar-refractivity contribution in [3.8, 4) is 0 Å². The Morgan fingerprint density at radius 1 is 1.35 bits per heavy atom. The molecule has 0 radical (unpaired) electrons. The first-order chi connectivity index (χ1) is 9.54. The fourth-order valence-electron chi connectivity index (χ4n) is 1.60. The predicted octanol–water partition coefficient (Wildman–Crippen LogP) is 2.06. The number of anilines is 1. The van der Waals surface area contributed by atoms with Gasteiger partial charge in [0.05, 0.1) is 12.8 Å². The van der Waals surface area contributed by atoms with Crippen LogP contribution in [0.15, 0.2) is 29.4 Å². The number of carbonyl (C=O) groups is 1. The van der Waals surface area contributed by atoms with E-state index in [0.717, 1.165) is 5.69 Å². The normalized spacial score (nSPS) is 10.8. The van der Waals surface area contributed by atoms with Crippen molar-refractivity contribution < 1.29 is 4.79 Å². The summed E-state index contributed by atoms with van der Waals surface area (Å²) in [6, 6.07) is 7.88. The summed E-state index contributed by atoms with van der Waals surface area (Å²) in [7, 11) is 1.69. The number of carbonyl (C=O) groups excluding carboxylic acids is 1. The summed E-state index contributed by atoms with van der Waals surface area (Å²) >= 11 is 1.26. The molecule has 1 N–H and O–H groups in total. The Bertz CT molecular complexity index is 579. The topological polar surface area (TPSA) is 72.7 Å². The third kappa shape index (κ3) is 4.06. The van der Waals surface area contributed by atoms with E-state index in [1.54, 1.807) is 7.05 Å². The number of rotatable bonds is 5. The molecule has 0 unspecified atom stereocenters. The number of nitrogens with one attached hydrogen (secondary N) is 1. The van der Waals surface area contributed by atoms with Crippen LogP contribution < -0.4 is 5.32 Å². The SMILES string of the molecule is CC(C)c1ccc(NC(=O)CSc2nnn(C)n2)cc1. The van der Waals surface area contributed by atoms with E-state index in [2.05, 4.69) is 34.6 Å². The van der Waals surface area contributed by atoms with Gasteiger partial charge >= 0.3 is 0 Å². The van der Waals surface area contributed by atoms with Crippen molar-refractivity contribution in [2.75, 3.05) is 11.1 Å². The van der Waals surface area contributed by atoms with E-state index in [1.165, 1.54) is 22.1 Å². The predicted molar refractivity (Wildman–Crippen MR) is 78.7 cm³/mol. The van der Waals surface area contributed by atoms with Crippen molar-refractivity contribution in [3.05, 3.63) is 29.8 Å². The molecular formula is C13H17N5OS. The Hall–Kier alpha value is -1.89. The number of benzene rings is 1. The third-order valence-electron chi connectivity index (χ3n) is 2.68. The van der Waals surface area contributed by atoms with Crippen LogP contribution in [0.3, 0.4) is 0 Å². The van der Waals surface area contributed by atoms with E-state index in [-0.39, 0.29) is 11.7 Å². The van der Waals surface area contributed by atoms with Crippen LogP contribution in [0.5, 0.6) is 0 Å². The fraction of sp³-hybridized carbons (Fsp3) is 0.385. The number of nitrogens with zero attached hydrogens (tertiary/aromatic N) is 4. The molecular weight excluding hydrogens is 274 g/mol. The van der Waals surface area contributed by atoms with Gasteiger partial charge in [0.1, 0.15) is 0 Å². The number of tetrazole rings is 1. The molecule has 0 saturated carbocycles. The monoisotopic (exact) mass is 291 g/mol. The molecule has 0 aliphatic rings. The molecule has 0 spiro atoms. The smallest absolute Gasteiger partial charge is 0.234 e. The van der Waals surface area contributed by atoms with Crippen molar-refractivity contribution in [3.63, 3.8) is 0 Å². The van der Waals surface area contributed by atoms with Gasteiger partial charge in [-0.1, -0.05) is 37.7 Å². The molecule has 0 saturated heterocycles. The lowest BCUT2D eigenvalue weighted by molar-refractivity contribution is -0.113. The molecule has 0 atom stereocenters. The second-order valence-corrected chi connectivity index (χ2v) is 5.62. The Balaban J connectivity index is 1.84. The van der Waals surface area contributed by atoms with E-state index < -0.39 is 0 Å². The Labute approximate surface area is 121 Å². The quantitative estimate of drug-likeness (QED) is 0.854. The van der Waals surface area contributed by atoms with Gasteiger partial charge < -0.3 is 5.32 Å². The minimum Gasteiger partial charge on any atom is -0.325 e. The summed E-state index contributed by atoms with van der Waals surface area (Å²) < 4.78 is 0. The second kappa shape index (κ2) is 6.51. The van der Waals surface area contributed by atoms with Crippen molar-refractivity contribution in [1.29, 1.82) is 0 Å². The van der Waals surface area contributed by atoms with Gasteiger partial charge in [-0.3, -0.25) is 4.79 Å². The third-order valence-corrected chi connectivity index (χ3v) is 3.51. The summed E-state index contributed by atoms with van der Waals surface area (Å²) in [5.41, 5.74) is 2.05. The number of hydrogen-bond donors (Lipinski definition) is 1. The van der Waals surface area contributed by atoms with E-state index in [1.807, 2.05) is 24.3 Å². The van der Waals surface area contributed by atoms with Crippen molar-refractivity contribution in [1.82, 2.24) is 20.2 Å². The number of hydrogen-bond acceptors (Lipinski definition) is 5. The summed E-state index contributed by atoms with van der Waals surface area (Å²) in [4.78, 5) is 13.2. The fourth-order valence-corrected chi connectivity index (χ4v) is 2.21. The van der Waals surface area contributed by atoms with Crippen molar-refractivity contribution >= 4 is 23.4 Å². The molecule has 0 aliphatic carbocycles. The minimum absolute atomic E-state index is 0.0836. The molecule has 0 aliphatic heterocycles. The molecule has 106 valence electrons. The first-order valence-electron chi connectivity index (χ1n) is 6.31. The lowest BCUT2D eigenvalue weighted by Gasteiger charge is -2.07. The van der Waals surface area contributed by atoms with E-state index in [4.69, 9.17) is 0 Å². The van der Waals surface area contributed by atoms with Crippen LogP contribution in [-0.2, 0) is 11.8 Å². The van der Waals surface area contributed by atoms with Gasteiger partial charge in [0, 0.05) is 5.69 Å². The molecule has 0 fully saturated rings. The van der Waals surface area contributed by atoms with Crippen LogP contribution in [0.25, 0.3) is 0 Å². The molecule has 1 amide bonds. The van der Waals surface area contributed by atoms with Crippen LogP contribution >= 0.6 is 11.8 Å². The summed E-state index contributed by atoms with van der Waals surface area (Å²) in [5, 5.41) is 14.9. The van der Waals surface area contributed by atoms with Crippen molar-refractivity contribution in [2.24, 2.45) is 7.05 Å². The highest BCUT2D eigenvalue weighted by molar-refractivity contribution is 7.99. The highest BCUT2D eigenvalue weighted by Gasteiger charge is 2.07. The molecule has 7 heteroatoms.